The van der Waals surface area contributed by atoms with Crippen molar-refractivity contribution >= 4 is 18.1 Å². The number of allylic oxidation sites excluding steroid dienone is 2. The van der Waals surface area contributed by atoms with E-state index in [4.69, 9.17) is 14.2 Å². The summed E-state index contributed by atoms with van der Waals surface area (Å²) in [6.45, 7) is 15.0. The maximum atomic E-state index is 10.8. The second-order valence-electron chi connectivity index (χ2n) is 8.30. The molecule has 1 N–H and O–H groups in total. The van der Waals surface area contributed by atoms with Crippen LogP contribution in [0.1, 0.15) is 52.7 Å². The summed E-state index contributed by atoms with van der Waals surface area (Å²) >= 11 is 0. The average molecular weight is 453 g/mol. The van der Waals surface area contributed by atoms with Crippen molar-refractivity contribution in [3.05, 3.63) is 84.0 Å². The number of carbonyl (C=O) groups is 1. The SMILES string of the molecule is C=C(C)C(=O)OC(C)(C)C.CCOC(C)Oc1ccc(C=CC=Cc2ccc(O)cc2)cc1. The summed E-state index contributed by atoms with van der Waals surface area (Å²) in [6.07, 6.45) is 7.71. The molecule has 0 amide bonds. The standard InChI is InChI=1S/C20H22O3.C8H14O2/c1-3-22-16(2)23-20-14-10-18(11-15-20)7-5-4-6-17-8-12-19(21)13-9-17;1-6(2)7(9)10-8(3,4)5/h4-16,21H,3H2,1-2H3;1H2,2-5H3. The van der Waals surface area contributed by atoms with Crippen LogP contribution in [0, 0.1) is 0 Å². The summed E-state index contributed by atoms with van der Waals surface area (Å²) in [6, 6.07) is 14.9. The molecule has 2 rings (SSSR count). The highest BCUT2D eigenvalue weighted by molar-refractivity contribution is 5.87. The Labute approximate surface area is 198 Å². The van der Waals surface area contributed by atoms with Gasteiger partial charge >= 0.3 is 5.97 Å². The highest BCUT2D eigenvalue weighted by Crippen LogP contribution is 2.16. The number of carbonyl (C=O) groups excluding carboxylic acids is 1. The van der Waals surface area contributed by atoms with Gasteiger partial charge in [0.15, 0.2) is 6.29 Å². The molecule has 1 atom stereocenters. The normalized spacial score (nSPS) is 12.2. The van der Waals surface area contributed by atoms with Crippen LogP contribution in [0.15, 0.2) is 72.8 Å². The van der Waals surface area contributed by atoms with E-state index in [1.165, 1.54) is 0 Å². The molecule has 5 nitrogen and oxygen atoms in total. The third-order valence-corrected chi connectivity index (χ3v) is 3.91. The van der Waals surface area contributed by atoms with Crippen molar-refractivity contribution in [3.63, 3.8) is 0 Å². The molecule has 0 aliphatic heterocycles. The second-order valence-corrected chi connectivity index (χ2v) is 8.30. The zero-order valence-corrected chi connectivity index (χ0v) is 20.5. The summed E-state index contributed by atoms with van der Waals surface area (Å²) in [5.41, 5.74) is 2.17. The predicted octanol–water partition coefficient (Wildman–Crippen LogP) is 6.78. The summed E-state index contributed by atoms with van der Waals surface area (Å²) in [5, 5.41) is 9.23. The minimum absolute atomic E-state index is 0.241. The van der Waals surface area contributed by atoms with E-state index < -0.39 is 5.60 Å². The largest absolute Gasteiger partial charge is 0.508 e. The smallest absolute Gasteiger partial charge is 0.333 e. The molecule has 0 heterocycles. The number of rotatable bonds is 8. The zero-order chi connectivity index (χ0) is 24.9. The van der Waals surface area contributed by atoms with Crippen LogP contribution in [0.25, 0.3) is 12.2 Å². The van der Waals surface area contributed by atoms with E-state index >= 15 is 0 Å². The summed E-state index contributed by atoms with van der Waals surface area (Å²) in [4.78, 5) is 10.8. The first-order chi connectivity index (χ1) is 15.5. The van der Waals surface area contributed by atoms with E-state index in [9.17, 15) is 9.90 Å². The van der Waals surface area contributed by atoms with Crippen LogP contribution in [0.5, 0.6) is 11.5 Å². The number of benzene rings is 2. The van der Waals surface area contributed by atoms with Gasteiger partial charge in [0.05, 0.1) is 0 Å². The number of phenols is 1. The Hall–Kier alpha value is -3.31. The molecule has 0 saturated carbocycles. The number of ether oxygens (including phenoxy) is 3. The van der Waals surface area contributed by atoms with Gasteiger partial charge in [0.1, 0.15) is 17.1 Å². The molecule has 0 fully saturated rings. The first-order valence-electron chi connectivity index (χ1n) is 10.9. The molecule has 0 spiro atoms. The predicted molar refractivity (Wildman–Crippen MR) is 135 cm³/mol. The summed E-state index contributed by atoms with van der Waals surface area (Å²) in [7, 11) is 0. The molecule has 33 heavy (non-hydrogen) atoms. The van der Waals surface area contributed by atoms with Crippen molar-refractivity contribution in [3.8, 4) is 11.5 Å². The molecule has 0 bridgehead atoms. The molecule has 2 aromatic carbocycles. The highest BCUT2D eigenvalue weighted by Gasteiger charge is 2.15. The third kappa shape index (κ3) is 13.0. The van der Waals surface area contributed by atoms with Crippen LogP contribution in [-0.4, -0.2) is 29.6 Å². The van der Waals surface area contributed by atoms with Crippen LogP contribution < -0.4 is 4.74 Å². The van der Waals surface area contributed by atoms with Gasteiger partial charge in [-0.25, -0.2) is 4.79 Å². The number of phenolic OH excluding ortho intramolecular Hbond substituents is 1. The van der Waals surface area contributed by atoms with Gasteiger partial charge in [0.25, 0.3) is 0 Å². The first-order valence-corrected chi connectivity index (χ1v) is 10.9. The molecule has 178 valence electrons. The van der Waals surface area contributed by atoms with Gasteiger partial charge in [0.2, 0.25) is 0 Å². The van der Waals surface area contributed by atoms with E-state index in [1.54, 1.807) is 19.1 Å². The number of aromatic hydroxyl groups is 1. The highest BCUT2D eigenvalue weighted by atomic mass is 16.7. The van der Waals surface area contributed by atoms with E-state index in [2.05, 4.69) is 6.58 Å². The fraction of sp³-hybridized carbons (Fsp3) is 0.321. The summed E-state index contributed by atoms with van der Waals surface area (Å²) in [5.74, 6) is 0.744. The lowest BCUT2D eigenvalue weighted by Gasteiger charge is -2.19. The minimum Gasteiger partial charge on any atom is -0.508 e. The molecule has 2 aromatic rings. The lowest BCUT2D eigenvalue weighted by Crippen LogP contribution is -2.23. The second kappa shape index (κ2) is 14.0. The molecule has 0 saturated heterocycles. The van der Waals surface area contributed by atoms with Crippen LogP contribution in [-0.2, 0) is 14.3 Å². The van der Waals surface area contributed by atoms with Gasteiger partial charge in [-0.3, -0.25) is 0 Å². The minimum atomic E-state index is -0.407. The van der Waals surface area contributed by atoms with E-state index in [-0.39, 0.29) is 18.0 Å². The van der Waals surface area contributed by atoms with Gasteiger partial charge in [-0.2, -0.15) is 0 Å². The molecule has 1 unspecified atom stereocenters. The van der Waals surface area contributed by atoms with E-state index in [0.29, 0.717) is 12.2 Å². The maximum absolute atomic E-state index is 10.8. The van der Waals surface area contributed by atoms with Crippen molar-refractivity contribution in [2.75, 3.05) is 6.61 Å². The molecule has 0 aliphatic rings. The van der Waals surface area contributed by atoms with Crippen molar-refractivity contribution < 1.29 is 24.1 Å². The Morgan fingerprint density at radius 2 is 1.48 bits per heavy atom. The molecular formula is C28H36O5. The van der Waals surface area contributed by atoms with Crippen molar-refractivity contribution in [1.82, 2.24) is 0 Å². The molecule has 0 aliphatic carbocycles. The topological polar surface area (TPSA) is 65.0 Å². The quantitative estimate of drug-likeness (QED) is 0.207. The van der Waals surface area contributed by atoms with Gasteiger partial charge in [0, 0.05) is 12.2 Å². The van der Waals surface area contributed by atoms with E-state index in [0.717, 1.165) is 16.9 Å². The Balaban J connectivity index is 0.000000461. The lowest BCUT2D eigenvalue weighted by molar-refractivity contribution is -0.149. The zero-order valence-electron chi connectivity index (χ0n) is 20.5. The van der Waals surface area contributed by atoms with Crippen LogP contribution >= 0.6 is 0 Å². The molecule has 0 aromatic heterocycles. The van der Waals surface area contributed by atoms with Gasteiger partial charge in [-0.05, 0) is 76.9 Å². The van der Waals surface area contributed by atoms with Crippen molar-refractivity contribution in [1.29, 1.82) is 0 Å². The molecule has 5 heteroatoms. The monoisotopic (exact) mass is 452 g/mol. The first kappa shape index (κ1) is 27.7. The Kier molecular flexibility index (Phi) is 11.7. The van der Waals surface area contributed by atoms with Gasteiger partial charge < -0.3 is 19.3 Å². The molecular weight excluding hydrogens is 416 g/mol. The van der Waals surface area contributed by atoms with Crippen LogP contribution in [0.4, 0.5) is 0 Å². The van der Waals surface area contributed by atoms with Crippen molar-refractivity contribution in [2.24, 2.45) is 0 Å². The number of hydrogen-bond acceptors (Lipinski definition) is 5. The summed E-state index contributed by atoms with van der Waals surface area (Å²) < 4.78 is 15.9. The van der Waals surface area contributed by atoms with Gasteiger partial charge in [-0.15, -0.1) is 0 Å². The Morgan fingerprint density at radius 3 is 1.88 bits per heavy atom. The fourth-order valence-corrected chi connectivity index (χ4v) is 2.40. The average Bonchev–Trinajstić information content (AvgIpc) is 2.73. The molecule has 0 radical (unpaired) electrons. The lowest BCUT2D eigenvalue weighted by atomic mass is 10.2. The Morgan fingerprint density at radius 1 is 1.00 bits per heavy atom. The fourth-order valence-electron chi connectivity index (χ4n) is 2.40. The maximum Gasteiger partial charge on any atom is 0.333 e. The van der Waals surface area contributed by atoms with Crippen molar-refractivity contribution in [2.45, 2.75) is 53.4 Å². The number of hydrogen-bond donors (Lipinski definition) is 1. The van der Waals surface area contributed by atoms with Gasteiger partial charge in [-0.1, -0.05) is 55.1 Å². The van der Waals surface area contributed by atoms with Crippen LogP contribution in [0.2, 0.25) is 0 Å². The van der Waals surface area contributed by atoms with E-state index in [1.807, 2.05) is 95.3 Å². The third-order valence-electron chi connectivity index (χ3n) is 3.91. The Bertz CT molecular complexity index is 916. The van der Waals surface area contributed by atoms with Crippen LogP contribution in [0.3, 0.4) is 0 Å². The number of esters is 1.